The maximum Gasteiger partial charge on any atom is 0.438 e. The Morgan fingerprint density at radius 3 is 2.38 bits per heavy atom. The number of halogens is 1. The Labute approximate surface area is 151 Å². The summed E-state index contributed by atoms with van der Waals surface area (Å²) < 4.78 is 19.7. The zero-order chi connectivity index (χ0) is 18.7. The lowest BCUT2D eigenvalue weighted by molar-refractivity contribution is 0.248. The molecular weight excluding hydrogens is 333 g/mol. The highest BCUT2D eigenvalue weighted by molar-refractivity contribution is 5.51. The number of hydrogen-bond donors (Lipinski definition) is 1. The molecule has 5 nitrogen and oxygen atoms in total. The van der Waals surface area contributed by atoms with Crippen LogP contribution < -0.4 is 11.1 Å². The Morgan fingerprint density at radius 1 is 1.12 bits per heavy atom. The van der Waals surface area contributed by atoms with Gasteiger partial charge in [0.15, 0.2) is 0 Å². The number of hydrogen-bond acceptors (Lipinski definition) is 4. The van der Waals surface area contributed by atoms with E-state index >= 15 is 0 Å². The van der Waals surface area contributed by atoms with Crippen LogP contribution in [0.4, 0.5) is 4.39 Å². The van der Waals surface area contributed by atoms with Crippen LogP contribution in [-0.4, -0.2) is 9.78 Å². The van der Waals surface area contributed by atoms with Crippen LogP contribution in [0.3, 0.4) is 0 Å². The molecule has 136 valence electrons. The molecule has 26 heavy (non-hydrogen) atoms. The minimum atomic E-state index is -0.525. The summed E-state index contributed by atoms with van der Waals surface area (Å²) in [5, 5.41) is 7.59. The van der Waals surface area contributed by atoms with Crippen LogP contribution in [0, 0.1) is 11.2 Å². The highest BCUT2D eigenvalue weighted by atomic mass is 19.1. The van der Waals surface area contributed by atoms with Crippen molar-refractivity contribution < 1.29 is 8.81 Å². The molecule has 6 heteroatoms. The van der Waals surface area contributed by atoms with Crippen molar-refractivity contribution in [1.82, 2.24) is 15.1 Å². The maximum absolute atomic E-state index is 13.2. The Hall–Kier alpha value is -2.73. The second-order valence-corrected chi connectivity index (χ2v) is 7.25. The van der Waals surface area contributed by atoms with Gasteiger partial charge in [0.05, 0.1) is 6.67 Å². The van der Waals surface area contributed by atoms with Crippen molar-refractivity contribution in [3.05, 3.63) is 76.5 Å². The van der Waals surface area contributed by atoms with Gasteiger partial charge >= 0.3 is 5.76 Å². The molecule has 0 aliphatic rings. The fraction of sp³-hybridized carbons (Fsp3) is 0.300. The van der Waals surface area contributed by atoms with Crippen LogP contribution in [0.1, 0.15) is 32.4 Å². The summed E-state index contributed by atoms with van der Waals surface area (Å²) in [6, 6.07) is 15.5. The number of nitrogens with zero attached hydrogens (tertiary/aromatic N) is 2. The molecule has 0 amide bonds. The van der Waals surface area contributed by atoms with Crippen molar-refractivity contribution >= 4 is 0 Å². The van der Waals surface area contributed by atoms with E-state index in [0.29, 0.717) is 0 Å². The SMILES string of the molecule is CC(C)(C)C(NCn1nc(-c2ccccc2)oc1=O)c1ccc(F)cc1. The molecule has 1 heterocycles. The second kappa shape index (κ2) is 7.25. The Kier molecular flexibility index (Phi) is 5.04. The Balaban J connectivity index is 1.81. The van der Waals surface area contributed by atoms with Gasteiger partial charge < -0.3 is 4.42 Å². The third kappa shape index (κ3) is 4.08. The van der Waals surface area contributed by atoms with Gasteiger partial charge in [0.1, 0.15) is 5.82 Å². The molecule has 0 saturated heterocycles. The Morgan fingerprint density at radius 2 is 1.77 bits per heavy atom. The van der Waals surface area contributed by atoms with Gasteiger partial charge in [-0.2, -0.15) is 4.68 Å². The van der Waals surface area contributed by atoms with Gasteiger partial charge in [0.25, 0.3) is 0 Å². The standard InChI is InChI=1S/C20H22FN3O2/c1-20(2,3)17(14-9-11-16(21)12-10-14)22-13-24-19(25)26-18(23-24)15-7-5-4-6-8-15/h4-12,17,22H,13H2,1-3H3. The molecule has 3 rings (SSSR count). The topological polar surface area (TPSA) is 60.1 Å². The van der Waals surface area contributed by atoms with Crippen LogP contribution in [0.2, 0.25) is 0 Å². The van der Waals surface area contributed by atoms with E-state index in [1.165, 1.54) is 16.8 Å². The van der Waals surface area contributed by atoms with E-state index in [-0.39, 0.29) is 29.8 Å². The van der Waals surface area contributed by atoms with E-state index in [1.807, 2.05) is 30.3 Å². The zero-order valence-electron chi connectivity index (χ0n) is 15.1. The summed E-state index contributed by atoms with van der Waals surface area (Å²) in [5.41, 5.74) is 1.54. The van der Waals surface area contributed by atoms with E-state index in [1.54, 1.807) is 12.1 Å². The summed E-state index contributed by atoms with van der Waals surface area (Å²) in [4.78, 5) is 12.1. The predicted molar refractivity (Wildman–Crippen MR) is 97.9 cm³/mol. The van der Waals surface area contributed by atoms with Gasteiger partial charge in [0, 0.05) is 11.6 Å². The van der Waals surface area contributed by atoms with Crippen molar-refractivity contribution in [2.45, 2.75) is 33.5 Å². The number of benzene rings is 2. The normalized spacial score (nSPS) is 12.9. The number of aromatic nitrogens is 2. The quantitative estimate of drug-likeness (QED) is 0.752. The molecule has 0 spiro atoms. The van der Waals surface area contributed by atoms with Crippen molar-refractivity contribution in [3.63, 3.8) is 0 Å². The lowest BCUT2D eigenvalue weighted by Crippen LogP contribution is -2.36. The van der Waals surface area contributed by atoms with Crippen molar-refractivity contribution in [2.24, 2.45) is 5.41 Å². The van der Waals surface area contributed by atoms with E-state index < -0.39 is 5.76 Å². The molecule has 0 saturated carbocycles. The van der Waals surface area contributed by atoms with Crippen LogP contribution >= 0.6 is 0 Å². The van der Waals surface area contributed by atoms with Gasteiger partial charge in [-0.15, -0.1) is 5.10 Å². The first-order valence-corrected chi connectivity index (χ1v) is 8.47. The van der Waals surface area contributed by atoms with E-state index in [0.717, 1.165) is 11.1 Å². The molecule has 3 aromatic rings. The van der Waals surface area contributed by atoms with Gasteiger partial charge in [-0.3, -0.25) is 5.32 Å². The fourth-order valence-corrected chi connectivity index (χ4v) is 2.86. The maximum atomic E-state index is 13.2. The lowest BCUT2D eigenvalue weighted by atomic mass is 9.82. The van der Waals surface area contributed by atoms with Crippen molar-refractivity contribution in [3.8, 4) is 11.5 Å². The summed E-state index contributed by atoms with van der Waals surface area (Å²) in [6.07, 6.45) is 0. The third-order valence-electron chi connectivity index (χ3n) is 4.14. The second-order valence-electron chi connectivity index (χ2n) is 7.25. The molecule has 2 aromatic carbocycles. The summed E-state index contributed by atoms with van der Waals surface area (Å²) in [5.74, 6) is -0.517. The monoisotopic (exact) mass is 355 g/mol. The number of nitrogens with one attached hydrogen (secondary N) is 1. The highest BCUT2D eigenvalue weighted by Gasteiger charge is 2.26. The molecule has 0 bridgehead atoms. The first-order chi connectivity index (χ1) is 12.3. The predicted octanol–water partition coefficient (Wildman–Crippen LogP) is 3.98. The zero-order valence-corrected chi connectivity index (χ0v) is 15.1. The smallest absolute Gasteiger partial charge is 0.388 e. The van der Waals surface area contributed by atoms with Crippen molar-refractivity contribution in [2.75, 3.05) is 0 Å². The van der Waals surface area contributed by atoms with Crippen LogP contribution in [0.25, 0.3) is 11.5 Å². The lowest BCUT2D eigenvalue weighted by Gasteiger charge is -2.32. The first-order valence-electron chi connectivity index (χ1n) is 8.47. The fourth-order valence-electron chi connectivity index (χ4n) is 2.86. The summed E-state index contributed by atoms with van der Waals surface area (Å²) in [6.45, 7) is 6.42. The van der Waals surface area contributed by atoms with Gasteiger partial charge in [-0.1, -0.05) is 51.1 Å². The van der Waals surface area contributed by atoms with Crippen molar-refractivity contribution in [1.29, 1.82) is 0 Å². The molecule has 0 aliphatic carbocycles. The molecule has 0 radical (unpaired) electrons. The van der Waals surface area contributed by atoms with E-state index in [2.05, 4.69) is 31.2 Å². The van der Waals surface area contributed by atoms with E-state index in [9.17, 15) is 9.18 Å². The average Bonchev–Trinajstić information content (AvgIpc) is 2.97. The molecule has 1 atom stereocenters. The molecule has 1 N–H and O–H groups in total. The van der Waals surface area contributed by atoms with Gasteiger partial charge in [0.2, 0.25) is 5.89 Å². The summed E-state index contributed by atoms with van der Waals surface area (Å²) in [7, 11) is 0. The van der Waals surface area contributed by atoms with Crippen LogP contribution in [0.15, 0.2) is 63.8 Å². The number of rotatable bonds is 5. The summed E-state index contributed by atoms with van der Waals surface area (Å²) >= 11 is 0. The molecule has 1 unspecified atom stereocenters. The van der Waals surface area contributed by atoms with Gasteiger partial charge in [-0.05, 0) is 35.2 Å². The molecule has 1 aromatic heterocycles. The molecular formula is C20H22FN3O2. The van der Waals surface area contributed by atoms with E-state index in [4.69, 9.17) is 4.42 Å². The van der Waals surface area contributed by atoms with Crippen LogP contribution in [0.5, 0.6) is 0 Å². The largest absolute Gasteiger partial charge is 0.438 e. The minimum Gasteiger partial charge on any atom is -0.388 e. The molecule has 0 fully saturated rings. The minimum absolute atomic E-state index is 0.0909. The van der Waals surface area contributed by atoms with Gasteiger partial charge in [-0.25, -0.2) is 9.18 Å². The van der Waals surface area contributed by atoms with Crippen LogP contribution in [-0.2, 0) is 6.67 Å². The molecule has 0 aliphatic heterocycles. The Bertz CT molecular complexity index is 909. The highest BCUT2D eigenvalue weighted by Crippen LogP contribution is 2.32. The first kappa shape index (κ1) is 18.1. The average molecular weight is 355 g/mol. The third-order valence-corrected chi connectivity index (χ3v) is 4.14.